The first-order chi connectivity index (χ1) is 12.7. The monoisotopic (exact) mass is 352 g/mol. The van der Waals surface area contributed by atoms with Gasteiger partial charge in [-0.15, -0.1) is 0 Å². The highest BCUT2D eigenvalue weighted by Gasteiger charge is 2.29. The van der Waals surface area contributed by atoms with Crippen LogP contribution in [0.2, 0.25) is 0 Å². The van der Waals surface area contributed by atoms with Gasteiger partial charge in [-0.05, 0) is 30.0 Å². The number of aryl methyl sites for hydroxylation is 2. The fourth-order valence-electron chi connectivity index (χ4n) is 3.56. The summed E-state index contributed by atoms with van der Waals surface area (Å²) in [6.45, 7) is 4.48. The van der Waals surface area contributed by atoms with Crippen molar-refractivity contribution in [3.05, 3.63) is 65.2 Å². The van der Waals surface area contributed by atoms with Gasteiger partial charge in [-0.1, -0.05) is 49.4 Å². The van der Waals surface area contributed by atoms with Gasteiger partial charge in [0.2, 0.25) is 5.91 Å². The molecule has 0 radical (unpaired) electrons. The predicted octanol–water partition coefficient (Wildman–Crippen LogP) is 3.36. The average molecular weight is 352 g/mol. The van der Waals surface area contributed by atoms with Gasteiger partial charge in [0.25, 0.3) is 0 Å². The SMILES string of the molecule is CCc1ccc(CCC(=O)N2CCNCC2c2ccccc2OC)cc1. The van der Waals surface area contributed by atoms with Gasteiger partial charge in [0.15, 0.2) is 0 Å². The number of nitrogens with one attached hydrogen (secondary N) is 1. The number of ether oxygens (including phenoxy) is 1. The van der Waals surface area contributed by atoms with E-state index in [-0.39, 0.29) is 11.9 Å². The summed E-state index contributed by atoms with van der Waals surface area (Å²) in [5, 5.41) is 3.41. The van der Waals surface area contributed by atoms with Gasteiger partial charge in [0, 0.05) is 31.6 Å². The van der Waals surface area contributed by atoms with Gasteiger partial charge < -0.3 is 15.0 Å². The van der Waals surface area contributed by atoms with E-state index in [1.807, 2.05) is 23.1 Å². The van der Waals surface area contributed by atoms with Crippen LogP contribution in [0.4, 0.5) is 0 Å². The molecule has 2 aromatic rings. The summed E-state index contributed by atoms with van der Waals surface area (Å²) in [6.07, 6.45) is 2.36. The van der Waals surface area contributed by atoms with Crippen molar-refractivity contribution >= 4 is 5.91 Å². The van der Waals surface area contributed by atoms with Gasteiger partial charge in [0.1, 0.15) is 5.75 Å². The molecule has 4 heteroatoms. The first-order valence-corrected chi connectivity index (χ1v) is 9.44. The van der Waals surface area contributed by atoms with Crippen LogP contribution >= 0.6 is 0 Å². The molecular weight excluding hydrogens is 324 g/mol. The molecule has 1 aliphatic rings. The second kappa shape index (κ2) is 8.86. The number of amides is 1. The zero-order chi connectivity index (χ0) is 18.4. The minimum atomic E-state index is 0.0230. The van der Waals surface area contributed by atoms with Crippen molar-refractivity contribution in [2.24, 2.45) is 0 Å². The van der Waals surface area contributed by atoms with Crippen LogP contribution in [0.25, 0.3) is 0 Å². The molecule has 2 aromatic carbocycles. The summed E-state index contributed by atoms with van der Waals surface area (Å²) < 4.78 is 5.51. The zero-order valence-electron chi connectivity index (χ0n) is 15.7. The zero-order valence-corrected chi connectivity index (χ0v) is 15.7. The fourth-order valence-corrected chi connectivity index (χ4v) is 3.56. The van der Waals surface area contributed by atoms with E-state index in [4.69, 9.17) is 4.74 Å². The maximum absolute atomic E-state index is 12.9. The third-order valence-electron chi connectivity index (χ3n) is 5.12. The molecular formula is C22H28N2O2. The van der Waals surface area contributed by atoms with Crippen LogP contribution in [-0.2, 0) is 17.6 Å². The lowest BCUT2D eigenvalue weighted by molar-refractivity contribution is -0.134. The first kappa shape index (κ1) is 18.5. The second-order valence-electron chi connectivity index (χ2n) is 6.72. The smallest absolute Gasteiger partial charge is 0.223 e. The molecule has 0 aliphatic carbocycles. The Morgan fingerprint density at radius 3 is 2.62 bits per heavy atom. The number of nitrogens with zero attached hydrogens (tertiary/aromatic N) is 1. The topological polar surface area (TPSA) is 41.6 Å². The van der Waals surface area contributed by atoms with Crippen LogP contribution in [-0.4, -0.2) is 37.6 Å². The van der Waals surface area contributed by atoms with Gasteiger partial charge in [0.05, 0.1) is 13.2 Å². The molecule has 0 spiro atoms. The van der Waals surface area contributed by atoms with Crippen molar-refractivity contribution in [3.8, 4) is 5.75 Å². The molecule has 138 valence electrons. The Balaban J connectivity index is 1.69. The summed E-state index contributed by atoms with van der Waals surface area (Å²) in [5.41, 5.74) is 3.63. The van der Waals surface area contributed by atoms with E-state index < -0.39 is 0 Å². The number of benzene rings is 2. The van der Waals surface area contributed by atoms with E-state index in [0.29, 0.717) is 6.42 Å². The molecule has 1 aliphatic heterocycles. The number of methoxy groups -OCH3 is 1. The fraction of sp³-hybridized carbons (Fsp3) is 0.409. The molecule has 0 bridgehead atoms. The molecule has 0 aromatic heterocycles. The van der Waals surface area contributed by atoms with E-state index in [1.165, 1.54) is 11.1 Å². The minimum Gasteiger partial charge on any atom is -0.496 e. The van der Waals surface area contributed by atoms with Crippen molar-refractivity contribution in [1.82, 2.24) is 10.2 Å². The number of piperazine rings is 1. The molecule has 26 heavy (non-hydrogen) atoms. The summed E-state index contributed by atoms with van der Waals surface area (Å²) in [6, 6.07) is 16.6. The third kappa shape index (κ3) is 4.25. The number of rotatable bonds is 6. The largest absolute Gasteiger partial charge is 0.496 e. The van der Waals surface area contributed by atoms with Crippen molar-refractivity contribution in [1.29, 1.82) is 0 Å². The number of para-hydroxylation sites is 1. The molecule has 3 rings (SSSR count). The lowest BCUT2D eigenvalue weighted by atomic mass is 10.0. The quantitative estimate of drug-likeness (QED) is 0.867. The Morgan fingerprint density at radius 2 is 1.88 bits per heavy atom. The Labute approximate surface area is 156 Å². The second-order valence-corrected chi connectivity index (χ2v) is 6.72. The molecule has 1 atom stereocenters. The number of carbonyl (C=O) groups excluding carboxylic acids is 1. The van der Waals surface area contributed by atoms with E-state index in [1.54, 1.807) is 7.11 Å². The van der Waals surface area contributed by atoms with E-state index >= 15 is 0 Å². The normalized spacial score (nSPS) is 17.2. The van der Waals surface area contributed by atoms with Gasteiger partial charge in [-0.25, -0.2) is 0 Å². The van der Waals surface area contributed by atoms with Gasteiger partial charge in [-0.3, -0.25) is 4.79 Å². The van der Waals surface area contributed by atoms with Gasteiger partial charge in [-0.2, -0.15) is 0 Å². The van der Waals surface area contributed by atoms with Crippen molar-refractivity contribution in [3.63, 3.8) is 0 Å². The average Bonchev–Trinajstić information content (AvgIpc) is 2.72. The molecule has 1 N–H and O–H groups in total. The van der Waals surface area contributed by atoms with Crippen molar-refractivity contribution < 1.29 is 9.53 Å². The van der Waals surface area contributed by atoms with E-state index in [0.717, 1.165) is 43.8 Å². The maximum Gasteiger partial charge on any atom is 0.223 e. The third-order valence-corrected chi connectivity index (χ3v) is 5.12. The number of carbonyl (C=O) groups is 1. The molecule has 1 fully saturated rings. The van der Waals surface area contributed by atoms with E-state index in [2.05, 4.69) is 42.6 Å². The maximum atomic E-state index is 12.9. The Bertz CT molecular complexity index is 727. The van der Waals surface area contributed by atoms with Crippen molar-refractivity contribution in [2.45, 2.75) is 32.2 Å². The predicted molar refractivity (Wildman–Crippen MR) is 104 cm³/mol. The van der Waals surface area contributed by atoms with Crippen LogP contribution in [0.1, 0.15) is 36.1 Å². The molecule has 1 saturated heterocycles. The lowest BCUT2D eigenvalue weighted by Gasteiger charge is -2.37. The molecule has 1 heterocycles. The van der Waals surface area contributed by atoms with E-state index in [9.17, 15) is 4.79 Å². The lowest BCUT2D eigenvalue weighted by Crippen LogP contribution is -2.48. The van der Waals surface area contributed by atoms with Crippen LogP contribution in [0.5, 0.6) is 5.75 Å². The summed E-state index contributed by atoms with van der Waals surface area (Å²) in [7, 11) is 1.68. The Morgan fingerprint density at radius 1 is 1.15 bits per heavy atom. The van der Waals surface area contributed by atoms with Gasteiger partial charge >= 0.3 is 0 Å². The summed E-state index contributed by atoms with van der Waals surface area (Å²) in [4.78, 5) is 14.9. The Hall–Kier alpha value is -2.33. The number of hydrogen-bond donors (Lipinski definition) is 1. The highest BCUT2D eigenvalue weighted by atomic mass is 16.5. The standard InChI is InChI=1S/C22H28N2O2/c1-3-17-8-10-18(11-9-17)12-13-22(25)24-15-14-23-16-20(24)19-6-4-5-7-21(19)26-2/h4-11,20,23H,3,12-16H2,1-2H3. The first-order valence-electron chi connectivity index (χ1n) is 9.44. The summed E-state index contributed by atoms with van der Waals surface area (Å²) >= 11 is 0. The number of hydrogen-bond acceptors (Lipinski definition) is 3. The minimum absolute atomic E-state index is 0.0230. The summed E-state index contributed by atoms with van der Waals surface area (Å²) in [5.74, 6) is 1.05. The highest BCUT2D eigenvalue weighted by Crippen LogP contribution is 2.30. The molecule has 4 nitrogen and oxygen atoms in total. The highest BCUT2D eigenvalue weighted by molar-refractivity contribution is 5.77. The Kier molecular flexibility index (Phi) is 6.29. The molecule has 0 saturated carbocycles. The molecule has 1 unspecified atom stereocenters. The molecule has 1 amide bonds. The van der Waals surface area contributed by atoms with Crippen molar-refractivity contribution in [2.75, 3.05) is 26.7 Å². The van der Waals surface area contributed by atoms with Crippen LogP contribution in [0.3, 0.4) is 0 Å². The van der Waals surface area contributed by atoms with Crippen LogP contribution < -0.4 is 10.1 Å². The van der Waals surface area contributed by atoms with Crippen LogP contribution in [0.15, 0.2) is 48.5 Å². The van der Waals surface area contributed by atoms with Crippen LogP contribution in [0, 0.1) is 0 Å².